The summed E-state index contributed by atoms with van der Waals surface area (Å²) in [5.41, 5.74) is 0.231. The van der Waals surface area contributed by atoms with Gasteiger partial charge < -0.3 is 14.7 Å². The van der Waals surface area contributed by atoms with Crippen molar-refractivity contribution in [3.05, 3.63) is 53.2 Å². The van der Waals surface area contributed by atoms with Crippen LogP contribution < -0.4 is 9.64 Å². The summed E-state index contributed by atoms with van der Waals surface area (Å²) in [4.78, 5) is 17.7. The van der Waals surface area contributed by atoms with Crippen molar-refractivity contribution < 1.29 is 27.8 Å². The van der Waals surface area contributed by atoms with Gasteiger partial charge >= 0.3 is 12.1 Å². The summed E-state index contributed by atoms with van der Waals surface area (Å²) in [7, 11) is 0. The number of carboxylic acids is 1. The van der Waals surface area contributed by atoms with Gasteiger partial charge in [-0.25, -0.2) is 9.78 Å². The second kappa shape index (κ2) is 7.24. The molecule has 1 aromatic carbocycles. The molecule has 1 unspecified atom stereocenters. The minimum absolute atomic E-state index is 0.113. The van der Waals surface area contributed by atoms with E-state index in [1.165, 1.54) is 6.07 Å². The Morgan fingerprint density at radius 2 is 1.86 bits per heavy atom. The molecule has 2 fully saturated rings. The van der Waals surface area contributed by atoms with E-state index >= 15 is 0 Å². The van der Waals surface area contributed by atoms with Gasteiger partial charge in [-0.05, 0) is 44.0 Å². The lowest BCUT2D eigenvalue weighted by atomic mass is 9.99. The van der Waals surface area contributed by atoms with Gasteiger partial charge in [0.1, 0.15) is 23.2 Å². The molecule has 2 saturated heterocycles. The van der Waals surface area contributed by atoms with Crippen LogP contribution in [-0.4, -0.2) is 34.2 Å². The molecule has 3 atom stereocenters. The van der Waals surface area contributed by atoms with Gasteiger partial charge in [0.15, 0.2) is 0 Å². The zero-order chi connectivity index (χ0) is 20.8. The SMILES string of the molecule is Cc1ccc(OC2C[C@H]3CC[C@@H](C2)N3c2ccc(C(F)(F)F)cn2)c(C(=O)O)c1. The molecule has 2 aliphatic heterocycles. The smallest absolute Gasteiger partial charge is 0.417 e. The summed E-state index contributed by atoms with van der Waals surface area (Å²) in [5.74, 6) is -0.128. The molecule has 29 heavy (non-hydrogen) atoms. The van der Waals surface area contributed by atoms with Crippen molar-refractivity contribution in [3.8, 4) is 5.75 Å². The molecule has 154 valence electrons. The minimum atomic E-state index is -4.40. The number of benzene rings is 1. The average molecular weight is 406 g/mol. The Bertz CT molecular complexity index is 900. The van der Waals surface area contributed by atoms with Gasteiger partial charge in [-0.3, -0.25) is 0 Å². The van der Waals surface area contributed by atoms with Gasteiger partial charge in [0.2, 0.25) is 0 Å². The molecule has 0 amide bonds. The number of fused-ring (bicyclic) bond motifs is 2. The predicted octanol–water partition coefficient (Wildman–Crippen LogP) is 4.69. The summed E-state index contributed by atoms with van der Waals surface area (Å²) in [5, 5.41) is 9.43. The average Bonchev–Trinajstić information content (AvgIpc) is 2.93. The number of rotatable bonds is 4. The number of nitrogens with zero attached hydrogens (tertiary/aromatic N) is 2. The maximum absolute atomic E-state index is 12.8. The van der Waals surface area contributed by atoms with E-state index in [0.29, 0.717) is 24.4 Å². The highest BCUT2D eigenvalue weighted by molar-refractivity contribution is 5.91. The first kappa shape index (κ1) is 19.5. The summed E-state index contributed by atoms with van der Waals surface area (Å²) < 4.78 is 44.4. The van der Waals surface area contributed by atoms with Crippen molar-refractivity contribution in [3.63, 3.8) is 0 Å². The van der Waals surface area contributed by atoms with Crippen molar-refractivity contribution in [1.82, 2.24) is 4.98 Å². The summed E-state index contributed by atoms with van der Waals surface area (Å²) in [6.45, 7) is 1.83. The molecular weight excluding hydrogens is 385 g/mol. The van der Waals surface area contributed by atoms with Crippen LogP contribution in [-0.2, 0) is 6.18 Å². The van der Waals surface area contributed by atoms with Crippen molar-refractivity contribution in [2.45, 2.75) is 57.0 Å². The molecule has 1 N–H and O–H groups in total. The van der Waals surface area contributed by atoms with E-state index in [9.17, 15) is 23.1 Å². The first-order chi connectivity index (χ1) is 13.7. The number of alkyl halides is 3. The van der Waals surface area contributed by atoms with E-state index in [0.717, 1.165) is 30.7 Å². The number of carboxylic acid groups (broad SMARTS) is 1. The van der Waals surface area contributed by atoms with Crippen LogP contribution in [0.3, 0.4) is 0 Å². The normalized spacial score (nSPS) is 23.9. The molecule has 0 aliphatic carbocycles. The fourth-order valence-electron chi connectivity index (χ4n) is 4.40. The molecule has 8 heteroatoms. The topological polar surface area (TPSA) is 62.7 Å². The molecule has 3 heterocycles. The van der Waals surface area contributed by atoms with Crippen molar-refractivity contribution in [2.75, 3.05) is 4.90 Å². The van der Waals surface area contributed by atoms with Crippen molar-refractivity contribution in [1.29, 1.82) is 0 Å². The van der Waals surface area contributed by atoms with E-state index in [4.69, 9.17) is 4.74 Å². The van der Waals surface area contributed by atoms with E-state index in [1.807, 2.05) is 13.0 Å². The quantitative estimate of drug-likeness (QED) is 0.799. The molecule has 0 saturated carbocycles. The number of carbonyl (C=O) groups is 1. The Labute approximate surface area is 166 Å². The Morgan fingerprint density at radius 1 is 1.17 bits per heavy atom. The lowest BCUT2D eigenvalue weighted by Gasteiger charge is -2.39. The molecular formula is C21H21F3N2O3. The third-order valence-electron chi connectivity index (χ3n) is 5.69. The number of anilines is 1. The Kier molecular flexibility index (Phi) is 4.88. The van der Waals surface area contributed by atoms with Crippen LogP contribution in [0.25, 0.3) is 0 Å². The fourth-order valence-corrected chi connectivity index (χ4v) is 4.40. The maximum atomic E-state index is 12.8. The van der Waals surface area contributed by atoms with E-state index < -0.39 is 17.7 Å². The van der Waals surface area contributed by atoms with Gasteiger partial charge in [-0.1, -0.05) is 11.6 Å². The van der Waals surface area contributed by atoms with E-state index in [2.05, 4.69) is 9.88 Å². The molecule has 0 spiro atoms. The maximum Gasteiger partial charge on any atom is 0.417 e. The Hall–Kier alpha value is -2.77. The highest BCUT2D eigenvalue weighted by atomic mass is 19.4. The third kappa shape index (κ3) is 3.88. The number of aromatic carboxylic acids is 1. The van der Waals surface area contributed by atoms with Gasteiger partial charge in [-0.2, -0.15) is 13.2 Å². The van der Waals surface area contributed by atoms with E-state index in [1.54, 1.807) is 12.1 Å². The second-order valence-electron chi connectivity index (χ2n) is 7.71. The first-order valence-electron chi connectivity index (χ1n) is 9.54. The Morgan fingerprint density at radius 3 is 2.41 bits per heavy atom. The molecule has 5 nitrogen and oxygen atoms in total. The lowest BCUT2D eigenvalue weighted by Crippen LogP contribution is -2.47. The number of aryl methyl sites for hydroxylation is 1. The third-order valence-corrected chi connectivity index (χ3v) is 5.69. The molecule has 1 aromatic heterocycles. The second-order valence-corrected chi connectivity index (χ2v) is 7.71. The van der Waals surface area contributed by atoms with Gasteiger partial charge in [0.05, 0.1) is 5.56 Å². The van der Waals surface area contributed by atoms with E-state index in [-0.39, 0.29) is 23.8 Å². The number of hydrogen-bond acceptors (Lipinski definition) is 4. The Balaban J connectivity index is 1.49. The molecule has 4 rings (SSSR count). The predicted molar refractivity (Wildman–Crippen MR) is 100 cm³/mol. The monoisotopic (exact) mass is 406 g/mol. The minimum Gasteiger partial charge on any atom is -0.489 e. The zero-order valence-electron chi connectivity index (χ0n) is 15.8. The summed E-state index contributed by atoms with van der Waals surface area (Å²) in [6, 6.07) is 7.81. The highest BCUT2D eigenvalue weighted by Crippen LogP contribution is 2.40. The zero-order valence-corrected chi connectivity index (χ0v) is 15.8. The number of aromatic nitrogens is 1. The number of ether oxygens (including phenoxy) is 1. The first-order valence-corrected chi connectivity index (χ1v) is 9.54. The number of hydrogen-bond donors (Lipinski definition) is 1. The molecule has 0 radical (unpaired) electrons. The standard InChI is InChI=1S/C21H21F3N2O3/c1-12-2-6-18(17(8-12)20(27)28)29-16-9-14-4-5-15(10-16)26(14)19-7-3-13(11-25-19)21(22,23)24/h2-3,6-8,11,14-16H,4-5,9-10H2,1H3,(H,27,28)/t14-,15+,16?. The summed E-state index contributed by atoms with van der Waals surface area (Å²) >= 11 is 0. The van der Waals surface area contributed by atoms with Crippen molar-refractivity contribution >= 4 is 11.8 Å². The molecule has 2 aromatic rings. The molecule has 2 bridgehead atoms. The van der Waals surface area contributed by atoms with Gasteiger partial charge in [-0.15, -0.1) is 0 Å². The van der Waals surface area contributed by atoms with Crippen LogP contribution >= 0.6 is 0 Å². The summed E-state index contributed by atoms with van der Waals surface area (Å²) in [6.07, 6.45) is -0.499. The van der Waals surface area contributed by atoms with Gasteiger partial charge in [0.25, 0.3) is 0 Å². The van der Waals surface area contributed by atoms with Gasteiger partial charge in [0, 0.05) is 31.1 Å². The van der Waals surface area contributed by atoms with Crippen LogP contribution in [0.5, 0.6) is 5.75 Å². The van der Waals surface area contributed by atoms with Crippen LogP contribution in [0.1, 0.15) is 47.2 Å². The van der Waals surface area contributed by atoms with Crippen LogP contribution in [0.2, 0.25) is 0 Å². The fraction of sp³-hybridized carbons (Fsp3) is 0.429. The number of piperidine rings is 1. The van der Waals surface area contributed by atoms with Crippen LogP contribution in [0, 0.1) is 6.92 Å². The number of pyridine rings is 1. The largest absolute Gasteiger partial charge is 0.489 e. The van der Waals surface area contributed by atoms with Crippen LogP contribution in [0.15, 0.2) is 36.5 Å². The lowest BCUT2D eigenvalue weighted by molar-refractivity contribution is -0.137. The highest BCUT2D eigenvalue weighted by Gasteiger charge is 2.42. The molecule has 2 aliphatic rings. The van der Waals surface area contributed by atoms with Crippen molar-refractivity contribution in [2.24, 2.45) is 0 Å². The van der Waals surface area contributed by atoms with Crippen LogP contribution in [0.4, 0.5) is 19.0 Å². The number of halogens is 3.